The van der Waals surface area contributed by atoms with Crippen LogP contribution in [-0.2, 0) is 11.2 Å². The minimum Gasteiger partial charge on any atom is -0.368 e. The summed E-state index contributed by atoms with van der Waals surface area (Å²) in [6.07, 6.45) is 4.88. The molecule has 6 nitrogen and oxygen atoms in total. The highest BCUT2D eigenvalue weighted by molar-refractivity contribution is 5.77. The lowest BCUT2D eigenvalue weighted by Crippen LogP contribution is -2.48. The number of aryl methyl sites for hydroxylation is 1. The number of hydrogen-bond acceptors (Lipinski definition) is 4. The van der Waals surface area contributed by atoms with Gasteiger partial charge in [0, 0.05) is 56.4 Å². The highest BCUT2D eigenvalue weighted by Gasteiger charge is 2.22. The van der Waals surface area contributed by atoms with Crippen molar-refractivity contribution in [1.82, 2.24) is 19.7 Å². The fourth-order valence-corrected chi connectivity index (χ4v) is 4.02. The van der Waals surface area contributed by atoms with Crippen molar-refractivity contribution in [3.63, 3.8) is 0 Å². The summed E-state index contributed by atoms with van der Waals surface area (Å²) in [7, 11) is 0. The number of benzene rings is 1. The third-order valence-corrected chi connectivity index (χ3v) is 5.69. The van der Waals surface area contributed by atoms with Gasteiger partial charge in [-0.1, -0.05) is 18.2 Å². The number of aromatic nitrogens is 3. The highest BCUT2D eigenvalue weighted by atomic mass is 16.2. The van der Waals surface area contributed by atoms with Gasteiger partial charge in [0.05, 0.1) is 11.4 Å². The Bertz CT molecular complexity index is 960. The molecule has 1 aliphatic rings. The largest absolute Gasteiger partial charge is 0.368 e. The Kier molecular flexibility index (Phi) is 5.60. The average molecular weight is 390 g/mol. The lowest BCUT2D eigenvalue weighted by Gasteiger charge is -2.36. The van der Waals surface area contributed by atoms with Crippen LogP contribution in [0, 0.1) is 13.8 Å². The van der Waals surface area contributed by atoms with E-state index in [4.69, 9.17) is 5.10 Å². The zero-order valence-electron chi connectivity index (χ0n) is 17.1. The second kappa shape index (κ2) is 8.47. The smallest absolute Gasteiger partial charge is 0.223 e. The Morgan fingerprint density at radius 1 is 0.931 bits per heavy atom. The van der Waals surface area contributed by atoms with E-state index in [1.165, 1.54) is 11.3 Å². The van der Waals surface area contributed by atoms with Crippen molar-refractivity contribution in [3.8, 4) is 5.69 Å². The SMILES string of the molecule is Cc1nn(-c2ccccc2)c(C)c1CCC(=O)N1CCN(c2ccncc2)CC1. The summed E-state index contributed by atoms with van der Waals surface area (Å²) in [6.45, 7) is 7.37. The summed E-state index contributed by atoms with van der Waals surface area (Å²) in [5, 5.41) is 4.69. The van der Waals surface area contributed by atoms with Gasteiger partial charge in [0.1, 0.15) is 0 Å². The molecule has 0 N–H and O–H groups in total. The van der Waals surface area contributed by atoms with Crippen LogP contribution in [0.1, 0.15) is 23.4 Å². The van der Waals surface area contributed by atoms with Crippen molar-refractivity contribution in [2.75, 3.05) is 31.1 Å². The third-order valence-electron chi connectivity index (χ3n) is 5.69. The van der Waals surface area contributed by atoms with E-state index in [-0.39, 0.29) is 5.91 Å². The van der Waals surface area contributed by atoms with E-state index >= 15 is 0 Å². The fraction of sp³-hybridized carbons (Fsp3) is 0.348. The van der Waals surface area contributed by atoms with Crippen molar-refractivity contribution < 1.29 is 4.79 Å². The first-order valence-electron chi connectivity index (χ1n) is 10.2. The van der Waals surface area contributed by atoms with Crippen molar-refractivity contribution >= 4 is 11.6 Å². The summed E-state index contributed by atoms with van der Waals surface area (Å²) in [4.78, 5) is 21.2. The lowest BCUT2D eigenvalue weighted by atomic mass is 10.1. The van der Waals surface area contributed by atoms with Gasteiger partial charge in [-0.2, -0.15) is 5.10 Å². The Balaban J connectivity index is 1.35. The number of piperazine rings is 1. The minimum absolute atomic E-state index is 0.227. The van der Waals surface area contributed by atoms with Gasteiger partial charge < -0.3 is 9.80 Å². The number of nitrogens with zero attached hydrogens (tertiary/aromatic N) is 5. The highest BCUT2D eigenvalue weighted by Crippen LogP contribution is 2.20. The molecule has 1 aliphatic heterocycles. The normalized spacial score (nSPS) is 14.3. The molecule has 1 fully saturated rings. The van der Waals surface area contributed by atoms with Crippen molar-refractivity contribution in [1.29, 1.82) is 0 Å². The minimum atomic E-state index is 0.227. The molecule has 1 saturated heterocycles. The van der Waals surface area contributed by atoms with E-state index in [1.807, 2.05) is 59.2 Å². The van der Waals surface area contributed by atoms with Crippen LogP contribution in [0.3, 0.4) is 0 Å². The summed E-state index contributed by atoms with van der Waals surface area (Å²) in [5.74, 6) is 0.227. The molecule has 0 saturated carbocycles. The summed E-state index contributed by atoms with van der Waals surface area (Å²) in [5.41, 5.74) is 5.52. The molecule has 4 rings (SSSR count). The Labute approximate surface area is 171 Å². The van der Waals surface area contributed by atoms with Crippen molar-refractivity contribution in [2.45, 2.75) is 26.7 Å². The first kappa shape index (κ1) is 19.2. The van der Waals surface area contributed by atoms with E-state index in [1.54, 1.807) is 0 Å². The molecule has 0 spiro atoms. The number of amides is 1. The van der Waals surface area contributed by atoms with E-state index < -0.39 is 0 Å². The van der Waals surface area contributed by atoms with Gasteiger partial charge in [-0.05, 0) is 50.1 Å². The summed E-state index contributed by atoms with van der Waals surface area (Å²) >= 11 is 0. The maximum absolute atomic E-state index is 12.8. The number of pyridine rings is 1. The van der Waals surface area contributed by atoms with E-state index in [9.17, 15) is 4.79 Å². The molecule has 0 aliphatic carbocycles. The number of rotatable bonds is 5. The van der Waals surface area contributed by atoms with E-state index in [2.05, 4.69) is 28.9 Å². The van der Waals surface area contributed by atoms with Gasteiger partial charge >= 0.3 is 0 Å². The van der Waals surface area contributed by atoms with E-state index in [0.29, 0.717) is 6.42 Å². The molecule has 0 unspecified atom stereocenters. The molecule has 0 bridgehead atoms. The predicted molar refractivity (Wildman–Crippen MR) is 114 cm³/mol. The van der Waals surface area contributed by atoms with Crippen molar-refractivity contribution in [2.24, 2.45) is 0 Å². The topological polar surface area (TPSA) is 54.3 Å². The zero-order chi connectivity index (χ0) is 20.2. The van der Waals surface area contributed by atoms with Gasteiger partial charge in [-0.3, -0.25) is 9.78 Å². The van der Waals surface area contributed by atoms with Crippen LogP contribution in [0.15, 0.2) is 54.9 Å². The quantitative estimate of drug-likeness (QED) is 0.673. The van der Waals surface area contributed by atoms with Crippen LogP contribution >= 0.6 is 0 Å². The van der Waals surface area contributed by atoms with Gasteiger partial charge in [0.25, 0.3) is 0 Å². The Morgan fingerprint density at radius 3 is 2.31 bits per heavy atom. The fourth-order valence-electron chi connectivity index (χ4n) is 4.02. The molecule has 3 aromatic rings. The van der Waals surface area contributed by atoms with Crippen LogP contribution in [0.25, 0.3) is 5.69 Å². The van der Waals surface area contributed by atoms with Gasteiger partial charge in [-0.25, -0.2) is 4.68 Å². The Hall–Kier alpha value is -3.15. The maximum atomic E-state index is 12.8. The number of carbonyl (C=O) groups excluding carboxylic acids is 1. The van der Waals surface area contributed by atoms with Crippen LogP contribution in [0.2, 0.25) is 0 Å². The first-order valence-corrected chi connectivity index (χ1v) is 10.2. The number of carbonyl (C=O) groups is 1. The molecule has 3 heterocycles. The maximum Gasteiger partial charge on any atom is 0.223 e. The molecule has 29 heavy (non-hydrogen) atoms. The Morgan fingerprint density at radius 2 is 1.62 bits per heavy atom. The molecule has 150 valence electrons. The van der Waals surface area contributed by atoms with Crippen LogP contribution in [-0.4, -0.2) is 51.8 Å². The molecule has 2 aromatic heterocycles. The number of hydrogen-bond donors (Lipinski definition) is 0. The molecular formula is C23H27N5O. The standard InChI is InChI=1S/C23H27N5O/c1-18-22(19(2)28(25-18)21-6-4-3-5-7-21)8-9-23(29)27-16-14-26(15-17-27)20-10-12-24-13-11-20/h3-7,10-13H,8-9,14-17H2,1-2H3. The second-order valence-corrected chi connectivity index (χ2v) is 7.47. The molecular weight excluding hydrogens is 362 g/mol. The van der Waals surface area contributed by atoms with Gasteiger partial charge in [0.2, 0.25) is 5.91 Å². The molecule has 6 heteroatoms. The van der Waals surface area contributed by atoms with Crippen LogP contribution < -0.4 is 4.90 Å². The summed E-state index contributed by atoms with van der Waals surface area (Å²) < 4.78 is 1.97. The van der Waals surface area contributed by atoms with Crippen LogP contribution in [0.4, 0.5) is 5.69 Å². The summed E-state index contributed by atoms with van der Waals surface area (Å²) in [6, 6.07) is 14.2. The van der Waals surface area contributed by atoms with Crippen LogP contribution in [0.5, 0.6) is 0 Å². The third kappa shape index (κ3) is 4.16. The number of anilines is 1. The molecule has 1 amide bonds. The average Bonchev–Trinajstić information content (AvgIpc) is 3.07. The first-order chi connectivity index (χ1) is 14.1. The predicted octanol–water partition coefficient (Wildman–Crippen LogP) is 3.17. The van der Waals surface area contributed by atoms with Gasteiger partial charge in [0.15, 0.2) is 0 Å². The molecule has 0 atom stereocenters. The second-order valence-electron chi connectivity index (χ2n) is 7.47. The zero-order valence-corrected chi connectivity index (χ0v) is 17.1. The monoisotopic (exact) mass is 389 g/mol. The van der Waals surface area contributed by atoms with Gasteiger partial charge in [-0.15, -0.1) is 0 Å². The number of para-hydroxylation sites is 1. The molecule has 1 aromatic carbocycles. The lowest BCUT2D eigenvalue weighted by molar-refractivity contribution is -0.131. The van der Waals surface area contributed by atoms with Crippen molar-refractivity contribution in [3.05, 3.63) is 71.8 Å². The molecule has 0 radical (unpaired) electrons. The van der Waals surface area contributed by atoms with E-state index in [0.717, 1.165) is 49.7 Å².